The molecule has 0 aliphatic carbocycles. The van der Waals surface area contributed by atoms with Gasteiger partial charge in [0.15, 0.2) is 0 Å². The molecule has 4 aromatic carbocycles. The molecular weight excluding hydrogens is 1200 g/mol. The Labute approximate surface area is 564 Å². The van der Waals surface area contributed by atoms with E-state index in [9.17, 15) is 19.2 Å². The van der Waals surface area contributed by atoms with Crippen LogP contribution in [-0.2, 0) is 59.8 Å². The summed E-state index contributed by atoms with van der Waals surface area (Å²) in [6, 6.07) is 32.8. The summed E-state index contributed by atoms with van der Waals surface area (Å²) in [4.78, 5) is 71.5. The number of hydrogen-bond acceptors (Lipinski definition) is 10. The van der Waals surface area contributed by atoms with Crippen molar-refractivity contribution in [2.45, 2.75) is 180 Å². The second-order valence-electron chi connectivity index (χ2n) is 30.4. The Morgan fingerprint density at radius 3 is 1.45 bits per heavy atom. The molecule has 16 heteroatoms. The first kappa shape index (κ1) is 67.3. The quantitative estimate of drug-likeness (QED) is 0.0487. The minimum atomic E-state index is -0.654. The zero-order valence-electron chi connectivity index (χ0n) is 58.1. The van der Waals surface area contributed by atoms with Crippen molar-refractivity contribution in [2.24, 2.45) is 4.99 Å². The minimum absolute atomic E-state index is 0.199. The summed E-state index contributed by atoms with van der Waals surface area (Å²) in [6.45, 7) is 28.7. The number of H-pyrrole nitrogens is 2. The summed E-state index contributed by atoms with van der Waals surface area (Å²) in [5, 5.41) is 18.7. The molecule has 502 valence electrons. The number of rotatable bonds is 15. The maximum Gasteiger partial charge on any atom is 0.253 e. The minimum Gasteiger partial charge on any atom is -0.385 e. The normalized spacial score (nSPS) is 22.3. The highest BCUT2D eigenvalue weighted by Crippen LogP contribution is 2.44. The number of nitrogens with one attached hydrogen (secondary N) is 7. The van der Waals surface area contributed by atoms with Gasteiger partial charge in [-0.25, -0.2) is 4.99 Å². The van der Waals surface area contributed by atoms with Crippen molar-refractivity contribution in [3.63, 3.8) is 0 Å². The van der Waals surface area contributed by atoms with Crippen LogP contribution in [0, 0.1) is 0 Å². The molecule has 0 spiro atoms. The van der Waals surface area contributed by atoms with Crippen molar-refractivity contribution in [1.29, 1.82) is 0 Å². The fraction of sp³-hybridized carbons (Fsp3) is 0.412. The number of ether oxygens (including phenoxy) is 4. The topological polar surface area (TPSA) is 209 Å². The van der Waals surface area contributed by atoms with Crippen LogP contribution in [0.3, 0.4) is 0 Å². The molecule has 0 saturated carbocycles. The maximum absolute atomic E-state index is 14.5. The number of anilines is 4. The zero-order chi connectivity index (χ0) is 68.0. The highest BCUT2D eigenvalue weighted by molar-refractivity contribution is 6.33. The predicted octanol–water partition coefficient (Wildman–Crippen LogP) is 13.4. The first-order chi connectivity index (χ1) is 45.7. The van der Waals surface area contributed by atoms with Crippen molar-refractivity contribution in [2.75, 3.05) is 54.8 Å². The van der Waals surface area contributed by atoms with Gasteiger partial charge in [0.1, 0.15) is 18.3 Å². The van der Waals surface area contributed by atoms with E-state index in [0.717, 1.165) is 74.8 Å². The molecule has 7 N–H and O–H groups in total. The van der Waals surface area contributed by atoms with Crippen molar-refractivity contribution < 1.29 is 38.1 Å². The van der Waals surface area contributed by atoms with Gasteiger partial charge < -0.3 is 55.5 Å². The van der Waals surface area contributed by atoms with Gasteiger partial charge >= 0.3 is 0 Å². The van der Waals surface area contributed by atoms with Gasteiger partial charge in [0.25, 0.3) is 17.7 Å². The summed E-state index contributed by atoms with van der Waals surface area (Å²) in [6.07, 6.45) is 11.1. The molecule has 8 bridgehead atoms. The van der Waals surface area contributed by atoms with Crippen LogP contribution in [0.25, 0.3) is 22.3 Å². The number of aromatic amines is 2. The Bertz CT molecular complexity index is 4220. The molecule has 3 saturated heterocycles. The molecule has 2 aromatic heterocycles. The lowest BCUT2D eigenvalue weighted by Gasteiger charge is -2.28. The molecule has 6 aliphatic heterocycles. The lowest BCUT2D eigenvalue weighted by Crippen LogP contribution is -2.31. The van der Waals surface area contributed by atoms with E-state index in [0.29, 0.717) is 125 Å². The zero-order valence-corrected chi connectivity index (χ0v) is 58.1. The number of methoxy groups -OCH3 is 1. The summed E-state index contributed by atoms with van der Waals surface area (Å²) >= 11 is 0. The van der Waals surface area contributed by atoms with E-state index in [-0.39, 0.29) is 51.7 Å². The number of carbonyl (C=O) groups is 4. The molecule has 16 nitrogen and oxygen atoms in total. The third kappa shape index (κ3) is 14.4. The van der Waals surface area contributed by atoms with Gasteiger partial charge in [-0.2, -0.15) is 0 Å². The second-order valence-corrected chi connectivity index (χ2v) is 30.4. The van der Waals surface area contributed by atoms with Crippen LogP contribution in [0.15, 0.2) is 138 Å². The average Bonchev–Trinajstić information content (AvgIpc) is 1.55. The van der Waals surface area contributed by atoms with Crippen molar-refractivity contribution in [3.05, 3.63) is 199 Å². The standard InChI is InChI=1S/C80H94N8O8/c1-77(2,3)48-40-46(41-49(44-48)78(4,5)6)68-56-28-32-60(81-56)72(70-52(85-67(89)27-19-36-93-13)20-14-21-53(70)86-74(90)64-24-16-37-94-64)61-33-29-57(82-61)69(47-42-50(79(7,8)9)45-51(43-47)80(10,11)12)59-31-35-63(84-59)73(62-34-30-58(68)83-62)71-54(87-75(91)65-25-17-38-95-65)22-15-23-55(71)88-76(92)66-26-18-39-96-66/h14-15,20-23,28-35,40-45,58,64-66,81,83-84H,16-19,24-27,36-39H2,1-13H3,(H,85,89)(H,86,90)(H,87,91)(H,88,92)/b68-56-,69-57-,72-60+,73-62+/t58?,64-,65-,66-/m0/s1. The van der Waals surface area contributed by atoms with Crippen LogP contribution in [0.1, 0.15) is 190 Å². The third-order valence-electron chi connectivity index (χ3n) is 19.0. The van der Waals surface area contributed by atoms with Crippen LogP contribution >= 0.6 is 0 Å². The van der Waals surface area contributed by atoms with Crippen LogP contribution in [0.4, 0.5) is 22.7 Å². The van der Waals surface area contributed by atoms with E-state index in [1.54, 1.807) is 7.11 Å². The Balaban J connectivity index is 1.21. The van der Waals surface area contributed by atoms with E-state index >= 15 is 0 Å². The number of nitrogens with zero attached hydrogens (tertiary/aromatic N) is 1. The van der Waals surface area contributed by atoms with Gasteiger partial charge in [-0.15, -0.1) is 0 Å². The molecule has 0 radical (unpaired) electrons. The van der Waals surface area contributed by atoms with E-state index in [2.05, 4.69) is 192 Å². The molecule has 8 heterocycles. The Morgan fingerprint density at radius 1 is 0.521 bits per heavy atom. The third-order valence-corrected chi connectivity index (χ3v) is 19.0. The number of fused-ring (bicyclic) bond motifs is 7. The number of carbonyl (C=O) groups excluding carboxylic acids is 4. The number of allylic oxidation sites excluding steroid dienone is 3. The van der Waals surface area contributed by atoms with Crippen LogP contribution < -0.4 is 37.3 Å². The molecule has 6 aromatic rings. The van der Waals surface area contributed by atoms with Crippen molar-refractivity contribution in [3.8, 4) is 0 Å². The number of hydrogen-bond donors (Lipinski definition) is 7. The van der Waals surface area contributed by atoms with Gasteiger partial charge in [0.2, 0.25) is 5.91 Å². The average molecular weight is 1300 g/mol. The highest BCUT2D eigenvalue weighted by atomic mass is 16.5. The van der Waals surface area contributed by atoms with E-state index in [1.807, 2.05) is 48.6 Å². The fourth-order valence-corrected chi connectivity index (χ4v) is 13.5. The predicted molar refractivity (Wildman–Crippen MR) is 384 cm³/mol. The van der Waals surface area contributed by atoms with Gasteiger partial charge in [-0.3, -0.25) is 19.2 Å². The molecule has 12 rings (SSSR count). The first-order valence-electron chi connectivity index (χ1n) is 34.2. The highest BCUT2D eigenvalue weighted by Gasteiger charge is 2.35. The van der Waals surface area contributed by atoms with Gasteiger partial charge in [0, 0.05) is 101 Å². The van der Waals surface area contributed by atoms with E-state index < -0.39 is 24.4 Å². The van der Waals surface area contributed by atoms with Crippen molar-refractivity contribution in [1.82, 2.24) is 15.3 Å². The van der Waals surface area contributed by atoms with Crippen LogP contribution in [-0.4, -0.2) is 97.2 Å². The molecule has 3 fully saturated rings. The Kier molecular flexibility index (Phi) is 19.0. The SMILES string of the molecule is COCCCC(=O)Nc1cccc(NC(=O)[C@@H]2CCCO2)c1/C1=c2\cc/c([nH]2)=C(\c2cc(C(C)(C)C)cc(C(C)(C)C)c2)C2C=C/C(=C(\c3c(NC(=O)[C@@H]4CCCO4)cccc3NC(=O)[C@@H]3CCCO3)c3ccc([nH]3)/C(c3cc(C(C)(C)C)cc(C(C)(C)C)c3)=C3/C=CC1=N3)N2. The molecule has 4 atom stereocenters. The molecule has 1 unspecified atom stereocenters. The number of amides is 4. The largest absolute Gasteiger partial charge is 0.385 e. The lowest BCUT2D eigenvalue weighted by atomic mass is 9.78. The number of benzene rings is 4. The first-order valence-corrected chi connectivity index (χ1v) is 34.2. The van der Waals surface area contributed by atoms with Crippen LogP contribution in [0.5, 0.6) is 0 Å². The van der Waals surface area contributed by atoms with Crippen LogP contribution in [0.2, 0.25) is 0 Å². The summed E-state index contributed by atoms with van der Waals surface area (Å²) in [5.74, 6) is -1.04. The molecule has 6 aliphatic rings. The molecule has 4 amide bonds. The summed E-state index contributed by atoms with van der Waals surface area (Å²) < 4.78 is 23.4. The van der Waals surface area contributed by atoms with Crippen molar-refractivity contribution >= 4 is 74.4 Å². The lowest BCUT2D eigenvalue weighted by molar-refractivity contribution is -0.125. The number of aromatic nitrogens is 2. The van der Waals surface area contributed by atoms with E-state index in [1.165, 1.54) is 0 Å². The fourth-order valence-electron chi connectivity index (χ4n) is 13.5. The second kappa shape index (κ2) is 27.1. The molecule has 96 heavy (non-hydrogen) atoms. The summed E-state index contributed by atoms with van der Waals surface area (Å²) in [5.41, 5.74) is 15.0. The summed E-state index contributed by atoms with van der Waals surface area (Å²) in [7, 11) is 1.62. The van der Waals surface area contributed by atoms with Gasteiger partial charge in [0.05, 0.1) is 40.2 Å². The maximum atomic E-state index is 14.5. The Morgan fingerprint density at radius 2 is 0.979 bits per heavy atom. The van der Waals surface area contributed by atoms with Gasteiger partial charge in [-0.05, 0) is 167 Å². The number of aliphatic imine (C=N–C) groups is 1. The smallest absolute Gasteiger partial charge is 0.253 e. The Hall–Kier alpha value is -8.67. The molecular formula is C80H94N8O8. The van der Waals surface area contributed by atoms with E-state index in [4.69, 9.17) is 23.9 Å². The van der Waals surface area contributed by atoms with Gasteiger partial charge in [-0.1, -0.05) is 138 Å². The monoisotopic (exact) mass is 1290 g/mol.